The zero-order valence-electron chi connectivity index (χ0n) is 22.0. The molecular formula is C31H35F3N2O2. The Morgan fingerprint density at radius 2 is 1.63 bits per heavy atom. The fourth-order valence-electron chi connectivity index (χ4n) is 4.76. The first-order valence-electron chi connectivity index (χ1n) is 13.1. The van der Waals surface area contributed by atoms with Crippen LogP contribution in [0.1, 0.15) is 47.2 Å². The van der Waals surface area contributed by atoms with Gasteiger partial charge in [0.1, 0.15) is 11.9 Å². The van der Waals surface area contributed by atoms with Crippen LogP contribution in [0, 0.1) is 0 Å². The highest BCUT2D eigenvalue weighted by Gasteiger charge is 2.30. The van der Waals surface area contributed by atoms with Crippen molar-refractivity contribution >= 4 is 5.78 Å². The molecule has 0 aromatic heterocycles. The lowest BCUT2D eigenvalue weighted by Crippen LogP contribution is -2.37. The van der Waals surface area contributed by atoms with Crippen LogP contribution in [0.25, 0.3) is 11.1 Å². The van der Waals surface area contributed by atoms with Gasteiger partial charge in [0.25, 0.3) is 0 Å². The maximum Gasteiger partial charge on any atom is 0.416 e. The average molecular weight is 525 g/mol. The standard InChI is InChI=1S/C31H35F3N2O2/c1-35(2)18-4-7-30(37)25-10-14-28(15-11-25)38-29-16-19-36(20-17-29)22-23-5-3-6-26(21-23)24-8-12-27(13-9-24)31(32,33)34/h3,5-6,8-15,21,29H,4,7,16-20,22H2,1-2H3. The van der Waals surface area contributed by atoms with E-state index in [4.69, 9.17) is 4.74 Å². The van der Waals surface area contributed by atoms with E-state index in [0.717, 1.165) is 85.6 Å². The smallest absolute Gasteiger partial charge is 0.416 e. The van der Waals surface area contributed by atoms with Crippen LogP contribution in [0.15, 0.2) is 72.8 Å². The molecule has 1 heterocycles. The molecule has 0 aliphatic carbocycles. The third-order valence-electron chi connectivity index (χ3n) is 6.90. The Bertz CT molecular complexity index is 1180. The molecule has 0 radical (unpaired) electrons. The number of hydrogen-bond donors (Lipinski definition) is 0. The first-order chi connectivity index (χ1) is 18.2. The molecule has 202 valence electrons. The number of nitrogens with zero attached hydrogens (tertiary/aromatic N) is 2. The van der Waals surface area contributed by atoms with Gasteiger partial charge in [-0.25, -0.2) is 0 Å². The second-order valence-corrected chi connectivity index (χ2v) is 10.2. The number of halogens is 3. The van der Waals surface area contributed by atoms with E-state index in [1.54, 1.807) is 0 Å². The van der Waals surface area contributed by atoms with Crippen LogP contribution in [0.3, 0.4) is 0 Å². The molecule has 0 atom stereocenters. The Balaban J connectivity index is 1.25. The molecule has 0 unspecified atom stereocenters. The van der Waals surface area contributed by atoms with Crippen molar-refractivity contribution in [1.82, 2.24) is 9.80 Å². The molecule has 1 fully saturated rings. The van der Waals surface area contributed by atoms with Crippen LogP contribution < -0.4 is 4.74 Å². The van der Waals surface area contributed by atoms with Crippen molar-refractivity contribution in [2.45, 2.75) is 44.5 Å². The summed E-state index contributed by atoms with van der Waals surface area (Å²) < 4.78 is 44.8. The molecule has 0 amide bonds. The van der Waals surface area contributed by atoms with Gasteiger partial charge in [-0.2, -0.15) is 13.2 Å². The van der Waals surface area contributed by atoms with E-state index in [1.807, 2.05) is 50.5 Å². The summed E-state index contributed by atoms with van der Waals surface area (Å²) in [5.74, 6) is 0.951. The molecule has 1 aliphatic heterocycles. The molecule has 7 heteroatoms. The van der Waals surface area contributed by atoms with Gasteiger partial charge < -0.3 is 9.64 Å². The number of piperidine rings is 1. The topological polar surface area (TPSA) is 32.8 Å². The number of ether oxygens (including phenoxy) is 1. The maximum absolute atomic E-state index is 12.9. The summed E-state index contributed by atoms with van der Waals surface area (Å²) in [6.45, 7) is 3.48. The van der Waals surface area contributed by atoms with Gasteiger partial charge in [-0.1, -0.05) is 30.3 Å². The van der Waals surface area contributed by atoms with E-state index in [1.165, 1.54) is 12.1 Å². The number of rotatable bonds is 10. The van der Waals surface area contributed by atoms with Gasteiger partial charge in [0.15, 0.2) is 5.78 Å². The zero-order chi connectivity index (χ0) is 27.1. The lowest BCUT2D eigenvalue weighted by atomic mass is 10.0. The van der Waals surface area contributed by atoms with E-state index in [0.29, 0.717) is 6.42 Å². The summed E-state index contributed by atoms with van der Waals surface area (Å²) in [6.07, 6.45) is -0.990. The normalized spacial score (nSPS) is 15.1. The number of carbonyl (C=O) groups is 1. The number of benzene rings is 3. The average Bonchev–Trinajstić information content (AvgIpc) is 2.90. The minimum Gasteiger partial charge on any atom is -0.490 e. The first-order valence-corrected chi connectivity index (χ1v) is 13.1. The van der Waals surface area contributed by atoms with Gasteiger partial charge in [-0.3, -0.25) is 9.69 Å². The van der Waals surface area contributed by atoms with E-state index < -0.39 is 11.7 Å². The fraction of sp³-hybridized carbons (Fsp3) is 0.387. The largest absolute Gasteiger partial charge is 0.490 e. The van der Waals surface area contributed by atoms with Crippen molar-refractivity contribution in [2.24, 2.45) is 0 Å². The van der Waals surface area contributed by atoms with Crippen LogP contribution in [0.2, 0.25) is 0 Å². The summed E-state index contributed by atoms with van der Waals surface area (Å²) in [4.78, 5) is 16.8. The van der Waals surface area contributed by atoms with Crippen molar-refractivity contribution in [2.75, 3.05) is 33.7 Å². The second kappa shape index (κ2) is 12.6. The van der Waals surface area contributed by atoms with Gasteiger partial charge in [0.05, 0.1) is 5.56 Å². The Hall–Kier alpha value is -3.16. The number of Topliss-reactive ketones (excluding diaryl/α,β-unsaturated/α-hetero) is 1. The Morgan fingerprint density at radius 3 is 2.26 bits per heavy atom. The quantitative estimate of drug-likeness (QED) is 0.269. The molecule has 0 N–H and O–H groups in total. The molecule has 0 saturated carbocycles. The number of ketones is 1. The molecule has 38 heavy (non-hydrogen) atoms. The monoisotopic (exact) mass is 524 g/mol. The zero-order valence-corrected chi connectivity index (χ0v) is 22.0. The maximum atomic E-state index is 12.9. The van der Waals surface area contributed by atoms with E-state index in [-0.39, 0.29) is 11.9 Å². The summed E-state index contributed by atoms with van der Waals surface area (Å²) in [7, 11) is 4.01. The third-order valence-corrected chi connectivity index (χ3v) is 6.90. The molecule has 4 rings (SSSR count). The fourth-order valence-corrected chi connectivity index (χ4v) is 4.76. The van der Waals surface area contributed by atoms with Crippen molar-refractivity contribution in [3.8, 4) is 16.9 Å². The highest BCUT2D eigenvalue weighted by atomic mass is 19.4. The predicted molar refractivity (Wildman–Crippen MR) is 144 cm³/mol. The molecule has 3 aromatic carbocycles. The molecule has 1 saturated heterocycles. The van der Waals surface area contributed by atoms with Gasteiger partial charge in [0.2, 0.25) is 0 Å². The highest BCUT2D eigenvalue weighted by molar-refractivity contribution is 5.96. The molecule has 3 aromatic rings. The summed E-state index contributed by atoms with van der Waals surface area (Å²) in [5, 5.41) is 0. The number of hydrogen-bond acceptors (Lipinski definition) is 4. The Kier molecular flexibility index (Phi) is 9.23. The Labute approximate surface area is 223 Å². The SMILES string of the molecule is CN(C)CCCC(=O)c1ccc(OC2CCN(Cc3cccc(-c4ccc(C(F)(F)F)cc4)c3)CC2)cc1. The number of likely N-dealkylation sites (tertiary alicyclic amines) is 1. The summed E-state index contributed by atoms with van der Waals surface area (Å²) >= 11 is 0. The Morgan fingerprint density at radius 1 is 0.947 bits per heavy atom. The van der Waals surface area contributed by atoms with Gasteiger partial charge in [-0.05, 0) is 99.1 Å². The van der Waals surface area contributed by atoms with Crippen LogP contribution >= 0.6 is 0 Å². The molecule has 1 aliphatic rings. The van der Waals surface area contributed by atoms with Gasteiger partial charge in [0, 0.05) is 31.6 Å². The third kappa shape index (κ3) is 7.92. The number of carbonyl (C=O) groups excluding carboxylic acids is 1. The molecule has 0 bridgehead atoms. The van der Waals surface area contributed by atoms with E-state index in [2.05, 4.69) is 21.9 Å². The van der Waals surface area contributed by atoms with Crippen LogP contribution in [0.5, 0.6) is 5.75 Å². The lowest BCUT2D eigenvalue weighted by Gasteiger charge is -2.32. The van der Waals surface area contributed by atoms with Crippen molar-refractivity contribution < 1.29 is 22.7 Å². The highest BCUT2D eigenvalue weighted by Crippen LogP contribution is 2.31. The van der Waals surface area contributed by atoms with E-state index in [9.17, 15) is 18.0 Å². The van der Waals surface area contributed by atoms with Crippen molar-refractivity contribution in [3.63, 3.8) is 0 Å². The molecular weight excluding hydrogens is 489 g/mol. The van der Waals surface area contributed by atoms with Crippen LogP contribution in [-0.4, -0.2) is 55.4 Å². The summed E-state index contributed by atoms with van der Waals surface area (Å²) in [5.41, 5.74) is 2.90. The predicted octanol–water partition coefficient (Wildman–Crippen LogP) is 6.94. The summed E-state index contributed by atoms with van der Waals surface area (Å²) in [6, 6.07) is 20.8. The van der Waals surface area contributed by atoms with Gasteiger partial charge in [-0.15, -0.1) is 0 Å². The molecule has 4 nitrogen and oxygen atoms in total. The minimum absolute atomic E-state index is 0.131. The van der Waals surface area contributed by atoms with Crippen LogP contribution in [-0.2, 0) is 12.7 Å². The van der Waals surface area contributed by atoms with Gasteiger partial charge >= 0.3 is 6.18 Å². The lowest BCUT2D eigenvalue weighted by molar-refractivity contribution is -0.137. The van der Waals surface area contributed by atoms with Crippen LogP contribution in [0.4, 0.5) is 13.2 Å². The second-order valence-electron chi connectivity index (χ2n) is 10.2. The molecule has 0 spiro atoms. The first kappa shape index (κ1) is 27.9. The number of alkyl halides is 3. The van der Waals surface area contributed by atoms with Crippen molar-refractivity contribution in [3.05, 3.63) is 89.5 Å². The van der Waals surface area contributed by atoms with Crippen molar-refractivity contribution in [1.29, 1.82) is 0 Å². The van der Waals surface area contributed by atoms with E-state index >= 15 is 0 Å². The minimum atomic E-state index is -4.33.